The number of carbonyl (C=O) groups is 1. The fourth-order valence-electron chi connectivity index (χ4n) is 3.73. The summed E-state index contributed by atoms with van der Waals surface area (Å²) in [7, 11) is 0. The van der Waals surface area contributed by atoms with Crippen molar-refractivity contribution in [1.29, 1.82) is 0 Å². The lowest BCUT2D eigenvalue weighted by molar-refractivity contribution is 0.102. The molecule has 5 nitrogen and oxygen atoms in total. The van der Waals surface area contributed by atoms with Gasteiger partial charge in [0.15, 0.2) is 0 Å². The second-order valence-electron chi connectivity index (χ2n) is 7.67. The SMILES string of the molecule is CCc1nc2ccc(C(=O)Nc3ccc(-c4nc5ccc(C)cc5s4)cc3)cn2c1C. The van der Waals surface area contributed by atoms with Crippen molar-refractivity contribution in [3.8, 4) is 10.6 Å². The average Bonchev–Trinajstić information content (AvgIpc) is 3.34. The van der Waals surface area contributed by atoms with Gasteiger partial charge in [0, 0.05) is 23.1 Å². The van der Waals surface area contributed by atoms with E-state index in [-0.39, 0.29) is 5.91 Å². The van der Waals surface area contributed by atoms with Gasteiger partial charge in [0.2, 0.25) is 0 Å². The van der Waals surface area contributed by atoms with Gasteiger partial charge in [0.25, 0.3) is 5.91 Å². The first-order valence-electron chi connectivity index (χ1n) is 10.3. The maximum atomic E-state index is 12.8. The first kappa shape index (κ1) is 19.5. The maximum Gasteiger partial charge on any atom is 0.257 e. The van der Waals surface area contributed by atoms with Crippen LogP contribution in [0.5, 0.6) is 0 Å². The number of hydrogen-bond acceptors (Lipinski definition) is 4. The number of nitrogens with one attached hydrogen (secondary N) is 1. The number of aryl methyl sites for hydroxylation is 3. The van der Waals surface area contributed by atoms with Crippen LogP contribution in [0.3, 0.4) is 0 Å². The van der Waals surface area contributed by atoms with Gasteiger partial charge in [-0.05, 0) is 74.4 Å². The molecule has 0 radical (unpaired) electrons. The number of amides is 1. The van der Waals surface area contributed by atoms with Crippen molar-refractivity contribution in [2.75, 3.05) is 5.32 Å². The van der Waals surface area contributed by atoms with Gasteiger partial charge in [-0.15, -0.1) is 11.3 Å². The zero-order valence-corrected chi connectivity index (χ0v) is 18.5. The zero-order valence-electron chi connectivity index (χ0n) is 17.6. The zero-order chi connectivity index (χ0) is 21.5. The highest BCUT2D eigenvalue weighted by atomic mass is 32.1. The standard InChI is InChI=1S/C25H22N4OS/c1-4-20-16(3)29-14-18(8-12-23(29)27-20)24(30)26-19-9-6-17(7-10-19)25-28-21-11-5-15(2)13-22(21)31-25/h5-14H,4H2,1-3H3,(H,26,30). The second-order valence-corrected chi connectivity index (χ2v) is 8.70. The number of benzene rings is 2. The number of nitrogens with zero attached hydrogens (tertiary/aromatic N) is 3. The Bertz CT molecular complexity index is 1430. The Morgan fingerprint density at radius 3 is 2.61 bits per heavy atom. The molecule has 0 fully saturated rings. The summed E-state index contributed by atoms with van der Waals surface area (Å²) >= 11 is 1.68. The molecule has 154 valence electrons. The summed E-state index contributed by atoms with van der Waals surface area (Å²) < 4.78 is 3.16. The van der Waals surface area contributed by atoms with Crippen LogP contribution in [0.4, 0.5) is 5.69 Å². The second kappa shape index (κ2) is 7.63. The molecular formula is C25H22N4OS. The molecule has 0 unspecified atom stereocenters. The average molecular weight is 427 g/mol. The van der Waals surface area contributed by atoms with Crippen LogP contribution in [0.1, 0.15) is 34.2 Å². The fourth-order valence-corrected chi connectivity index (χ4v) is 4.80. The van der Waals surface area contributed by atoms with Gasteiger partial charge in [0.1, 0.15) is 10.7 Å². The maximum absolute atomic E-state index is 12.8. The third-order valence-corrected chi connectivity index (χ3v) is 6.55. The molecule has 0 spiro atoms. The van der Waals surface area contributed by atoms with E-state index in [9.17, 15) is 4.79 Å². The Labute approximate surface area is 184 Å². The van der Waals surface area contributed by atoms with Crippen LogP contribution in [-0.4, -0.2) is 20.3 Å². The van der Waals surface area contributed by atoms with E-state index < -0.39 is 0 Å². The highest BCUT2D eigenvalue weighted by Crippen LogP contribution is 2.31. The Balaban J connectivity index is 1.37. The van der Waals surface area contributed by atoms with Crippen molar-refractivity contribution in [2.45, 2.75) is 27.2 Å². The van der Waals surface area contributed by atoms with E-state index in [0.29, 0.717) is 5.56 Å². The molecule has 1 amide bonds. The summed E-state index contributed by atoms with van der Waals surface area (Å²) in [5, 5.41) is 3.96. The van der Waals surface area contributed by atoms with Crippen LogP contribution in [0.2, 0.25) is 0 Å². The highest BCUT2D eigenvalue weighted by molar-refractivity contribution is 7.21. The van der Waals surface area contributed by atoms with Gasteiger partial charge < -0.3 is 9.72 Å². The van der Waals surface area contributed by atoms with Crippen molar-refractivity contribution < 1.29 is 4.79 Å². The summed E-state index contributed by atoms with van der Waals surface area (Å²) in [6.07, 6.45) is 2.72. The molecule has 3 aromatic heterocycles. The van der Waals surface area contributed by atoms with Crippen molar-refractivity contribution in [3.05, 3.63) is 83.3 Å². The first-order chi connectivity index (χ1) is 15.0. The lowest BCUT2D eigenvalue weighted by Gasteiger charge is -2.07. The van der Waals surface area contributed by atoms with E-state index in [1.807, 2.05) is 53.9 Å². The van der Waals surface area contributed by atoms with Gasteiger partial charge in [-0.3, -0.25) is 4.79 Å². The largest absolute Gasteiger partial charge is 0.322 e. The minimum atomic E-state index is -0.142. The minimum Gasteiger partial charge on any atom is -0.322 e. The summed E-state index contributed by atoms with van der Waals surface area (Å²) in [5.41, 5.74) is 7.63. The first-order valence-corrected chi connectivity index (χ1v) is 11.1. The number of rotatable bonds is 4. The Morgan fingerprint density at radius 2 is 1.84 bits per heavy atom. The van der Waals surface area contributed by atoms with E-state index in [1.165, 1.54) is 10.3 Å². The smallest absolute Gasteiger partial charge is 0.257 e. The number of carbonyl (C=O) groups excluding carboxylic acids is 1. The lowest BCUT2D eigenvalue weighted by Crippen LogP contribution is -2.12. The number of hydrogen-bond donors (Lipinski definition) is 1. The molecule has 0 saturated carbocycles. The third kappa shape index (κ3) is 3.59. The summed E-state index contributed by atoms with van der Waals surface area (Å²) in [6, 6.07) is 17.8. The van der Waals surface area contributed by atoms with E-state index in [2.05, 4.69) is 42.3 Å². The van der Waals surface area contributed by atoms with Crippen molar-refractivity contribution in [2.24, 2.45) is 0 Å². The fraction of sp³-hybridized carbons (Fsp3) is 0.160. The van der Waals surface area contributed by atoms with Gasteiger partial charge in [-0.1, -0.05) is 13.0 Å². The molecule has 0 atom stereocenters. The number of aromatic nitrogens is 3. The Morgan fingerprint density at radius 1 is 1.03 bits per heavy atom. The minimum absolute atomic E-state index is 0.142. The quantitative estimate of drug-likeness (QED) is 0.381. The van der Waals surface area contributed by atoms with Gasteiger partial charge in [-0.25, -0.2) is 9.97 Å². The van der Waals surface area contributed by atoms with E-state index >= 15 is 0 Å². The monoisotopic (exact) mass is 426 g/mol. The number of fused-ring (bicyclic) bond motifs is 2. The molecular weight excluding hydrogens is 404 g/mol. The Kier molecular flexibility index (Phi) is 4.79. The molecule has 1 N–H and O–H groups in total. The van der Waals surface area contributed by atoms with Crippen molar-refractivity contribution in [3.63, 3.8) is 0 Å². The molecule has 0 bridgehead atoms. The van der Waals surface area contributed by atoms with Crippen LogP contribution in [0.15, 0.2) is 60.8 Å². The molecule has 0 aliphatic heterocycles. The number of pyridine rings is 1. The molecule has 6 heteroatoms. The summed E-state index contributed by atoms with van der Waals surface area (Å²) in [5.74, 6) is -0.142. The van der Waals surface area contributed by atoms with Gasteiger partial charge in [0.05, 0.1) is 21.5 Å². The van der Waals surface area contributed by atoms with Crippen molar-refractivity contribution in [1.82, 2.24) is 14.4 Å². The Hall–Kier alpha value is -3.51. The van der Waals surface area contributed by atoms with Crippen LogP contribution < -0.4 is 5.32 Å². The molecule has 2 aromatic carbocycles. The molecule has 0 aliphatic rings. The lowest BCUT2D eigenvalue weighted by atomic mass is 10.2. The molecule has 0 aliphatic carbocycles. The predicted octanol–water partition coefficient (Wildman–Crippen LogP) is 6.04. The molecule has 5 aromatic rings. The molecule has 0 saturated heterocycles. The van der Waals surface area contributed by atoms with Crippen LogP contribution in [0.25, 0.3) is 26.4 Å². The van der Waals surface area contributed by atoms with Crippen LogP contribution >= 0.6 is 11.3 Å². The van der Waals surface area contributed by atoms with Crippen LogP contribution in [0, 0.1) is 13.8 Å². The molecule has 5 rings (SSSR count). The van der Waals surface area contributed by atoms with E-state index in [1.54, 1.807) is 11.3 Å². The molecule has 3 heterocycles. The summed E-state index contributed by atoms with van der Waals surface area (Å²) in [4.78, 5) is 22.1. The normalized spacial score (nSPS) is 11.3. The number of thiazole rings is 1. The van der Waals surface area contributed by atoms with Gasteiger partial charge in [-0.2, -0.15) is 0 Å². The predicted molar refractivity (Wildman–Crippen MR) is 127 cm³/mol. The van der Waals surface area contributed by atoms with E-state index in [0.717, 1.165) is 45.2 Å². The summed E-state index contributed by atoms with van der Waals surface area (Å²) in [6.45, 7) is 6.20. The topological polar surface area (TPSA) is 59.3 Å². The van der Waals surface area contributed by atoms with Crippen LogP contribution in [-0.2, 0) is 6.42 Å². The molecule has 31 heavy (non-hydrogen) atoms. The van der Waals surface area contributed by atoms with Gasteiger partial charge >= 0.3 is 0 Å². The number of anilines is 1. The van der Waals surface area contributed by atoms with E-state index in [4.69, 9.17) is 4.98 Å². The van der Waals surface area contributed by atoms with Crippen molar-refractivity contribution >= 4 is 38.8 Å². The number of imidazole rings is 1. The third-order valence-electron chi connectivity index (χ3n) is 5.49. The highest BCUT2D eigenvalue weighted by Gasteiger charge is 2.12.